The van der Waals surface area contributed by atoms with E-state index in [1.807, 2.05) is 18.2 Å². The quantitative estimate of drug-likeness (QED) is 0.845. The fourth-order valence-electron chi connectivity index (χ4n) is 3.01. The van der Waals surface area contributed by atoms with Crippen LogP contribution in [0.25, 0.3) is 0 Å². The molecule has 0 aromatic heterocycles. The summed E-state index contributed by atoms with van der Waals surface area (Å²) in [6.45, 7) is 0.671. The Hall–Kier alpha value is -2.29. The number of para-hydroxylation sites is 1. The van der Waals surface area contributed by atoms with Gasteiger partial charge < -0.3 is 11.1 Å². The summed E-state index contributed by atoms with van der Waals surface area (Å²) in [5.41, 5.74) is 8.35. The smallest absolute Gasteiger partial charge is 0.253 e. The molecule has 0 saturated heterocycles. The van der Waals surface area contributed by atoms with Gasteiger partial charge in [-0.2, -0.15) is 0 Å². The maximum Gasteiger partial charge on any atom is 0.253 e. The van der Waals surface area contributed by atoms with Crippen LogP contribution < -0.4 is 11.1 Å². The van der Waals surface area contributed by atoms with E-state index in [2.05, 4.69) is 29.6 Å². The maximum atomic E-state index is 12.3. The third-order valence-electron chi connectivity index (χ3n) is 4.49. The van der Waals surface area contributed by atoms with Crippen molar-refractivity contribution < 1.29 is 4.79 Å². The van der Waals surface area contributed by atoms with Crippen LogP contribution in [0.5, 0.6) is 0 Å². The van der Waals surface area contributed by atoms with E-state index < -0.39 is 0 Å². The zero-order valence-corrected chi connectivity index (χ0v) is 12.0. The van der Waals surface area contributed by atoms with Crippen LogP contribution in [0.3, 0.4) is 0 Å². The number of nitrogens with one attached hydrogen (secondary N) is 1. The molecule has 1 saturated carbocycles. The molecule has 0 spiro atoms. The molecule has 0 aliphatic heterocycles. The summed E-state index contributed by atoms with van der Waals surface area (Å²) in [6, 6.07) is 17.7. The van der Waals surface area contributed by atoms with Crippen LogP contribution >= 0.6 is 0 Å². The van der Waals surface area contributed by atoms with Gasteiger partial charge in [-0.25, -0.2) is 0 Å². The van der Waals surface area contributed by atoms with Gasteiger partial charge in [-0.1, -0.05) is 48.9 Å². The molecule has 1 amide bonds. The zero-order valence-electron chi connectivity index (χ0n) is 12.0. The second kappa shape index (κ2) is 5.60. The Morgan fingerprint density at radius 1 is 1.05 bits per heavy atom. The summed E-state index contributed by atoms with van der Waals surface area (Å²) < 4.78 is 0. The SMILES string of the molecule is Nc1ccccc1C(=O)NCC1(c2ccccc2)CCC1. The average Bonchev–Trinajstić information content (AvgIpc) is 2.47. The lowest BCUT2D eigenvalue weighted by molar-refractivity contribution is 0.0929. The summed E-state index contributed by atoms with van der Waals surface area (Å²) in [4.78, 5) is 12.3. The van der Waals surface area contributed by atoms with E-state index in [1.54, 1.807) is 12.1 Å². The Labute approximate surface area is 125 Å². The van der Waals surface area contributed by atoms with Gasteiger partial charge in [0.25, 0.3) is 5.91 Å². The molecule has 0 bridgehead atoms. The lowest BCUT2D eigenvalue weighted by Crippen LogP contribution is -2.45. The van der Waals surface area contributed by atoms with Crippen LogP contribution in [0.1, 0.15) is 35.2 Å². The highest BCUT2D eigenvalue weighted by atomic mass is 16.1. The predicted octanol–water partition coefficient (Wildman–Crippen LogP) is 3.12. The Morgan fingerprint density at radius 3 is 2.33 bits per heavy atom. The van der Waals surface area contributed by atoms with Gasteiger partial charge in [-0.05, 0) is 30.5 Å². The number of benzene rings is 2. The highest BCUT2D eigenvalue weighted by molar-refractivity contribution is 5.99. The first-order valence-electron chi connectivity index (χ1n) is 7.40. The van der Waals surface area contributed by atoms with E-state index >= 15 is 0 Å². The number of hydrogen-bond donors (Lipinski definition) is 2. The number of carbonyl (C=O) groups excluding carboxylic acids is 1. The van der Waals surface area contributed by atoms with Gasteiger partial charge in [0.05, 0.1) is 5.56 Å². The fraction of sp³-hybridized carbons (Fsp3) is 0.278. The molecule has 1 aliphatic carbocycles. The van der Waals surface area contributed by atoms with Gasteiger partial charge in [0.2, 0.25) is 0 Å². The average molecular weight is 280 g/mol. The highest BCUT2D eigenvalue weighted by Crippen LogP contribution is 2.43. The minimum Gasteiger partial charge on any atom is -0.398 e. The molecule has 2 aromatic rings. The summed E-state index contributed by atoms with van der Waals surface area (Å²) >= 11 is 0. The molecule has 3 rings (SSSR count). The van der Waals surface area contributed by atoms with Crippen molar-refractivity contribution in [3.63, 3.8) is 0 Å². The van der Waals surface area contributed by atoms with E-state index in [4.69, 9.17) is 5.73 Å². The highest BCUT2D eigenvalue weighted by Gasteiger charge is 2.38. The molecule has 0 unspecified atom stereocenters. The monoisotopic (exact) mass is 280 g/mol. The van der Waals surface area contributed by atoms with Gasteiger partial charge in [0.15, 0.2) is 0 Å². The van der Waals surface area contributed by atoms with E-state index in [0.29, 0.717) is 17.8 Å². The van der Waals surface area contributed by atoms with Crippen LogP contribution in [-0.2, 0) is 5.41 Å². The number of rotatable bonds is 4. The van der Waals surface area contributed by atoms with Gasteiger partial charge in [0.1, 0.15) is 0 Å². The molecule has 0 heterocycles. The van der Waals surface area contributed by atoms with E-state index in [0.717, 1.165) is 12.8 Å². The standard InChI is InChI=1S/C18H20N2O/c19-16-10-5-4-9-15(16)17(21)20-13-18(11-6-12-18)14-7-2-1-3-8-14/h1-5,7-10H,6,11-13,19H2,(H,20,21). The normalized spacial score (nSPS) is 16.0. The first-order chi connectivity index (χ1) is 10.2. The largest absolute Gasteiger partial charge is 0.398 e. The molecule has 3 nitrogen and oxygen atoms in total. The molecule has 1 fully saturated rings. The molecule has 2 aromatic carbocycles. The first-order valence-corrected chi connectivity index (χ1v) is 7.40. The third-order valence-corrected chi connectivity index (χ3v) is 4.49. The van der Waals surface area contributed by atoms with Crippen LogP contribution in [0.15, 0.2) is 54.6 Å². The Balaban J connectivity index is 1.72. The summed E-state index contributed by atoms with van der Waals surface area (Å²) in [6.07, 6.45) is 3.47. The number of nitrogen functional groups attached to an aromatic ring is 1. The van der Waals surface area contributed by atoms with Crippen molar-refractivity contribution in [1.82, 2.24) is 5.32 Å². The maximum absolute atomic E-state index is 12.3. The van der Waals surface area contributed by atoms with E-state index in [1.165, 1.54) is 12.0 Å². The first kappa shape index (κ1) is 13.7. The molecule has 21 heavy (non-hydrogen) atoms. The Morgan fingerprint density at radius 2 is 1.71 bits per heavy atom. The van der Waals surface area contributed by atoms with Gasteiger partial charge in [-0.15, -0.1) is 0 Å². The molecule has 108 valence electrons. The molecule has 3 heteroatoms. The minimum atomic E-state index is -0.0877. The molecule has 1 aliphatic rings. The summed E-state index contributed by atoms with van der Waals surface area (Å²) in [5, 5.41) is 3.06. The van der Waals surface area contributed by atoms with Crippen molar-refractivity contribution in [3.05, 3.63) is 65.7 Å². The molecular weight excluding hydrogens is 260 g/mol. The zero-order chi connectivity index (χ0) is 14.7. The molecule has 3 N–H and O–H groups in total. The number of anilines is 1. The van der Waals surface area contributed by atoms with Crippen molar-refractivity contribution in [2.45, 2.75) is 24.7 Å². The lowest BCUT2D eigenvalue weighted by atomic mass is 9.64. The second-order valence-electron chi connectivity index (χ2n) is 5.77. The van der Waals surface area contributed by atoms with Crippen molar-refractivity contribution in [1.29, 1.82) is 0 Å². The Kier molecular flexibility index (Phi) is 3.65. The molecule has 0 radical (unpaired) electrons. The van der Waals surface area contributed by atoms with Crippen molar-refractivity contribution in [2.75, 3.05) is 12.3 Å². The van der Waals surface area contributed by atoms with Crippen molar-refractivity contribution in [3.8, 4) is 0 Å². The summed E-state index contributed by atoms with van der Waals surface area (Å²) in [5.74, 6) is -0.0877. The lowest BCUT2D eigenvalue weighted by Gasteiger charge is -2.42. The van der Waals surface area contributed by atoms with Gasteiger partial charge in [-0.3, -0.25) is 4.79 Å². The van der Waals surface area contributed by atoms with Crippen molar-refractivity contribution in [2.24, 2.45) is 0 Å². The summed E-state index contributed by atoms with van der Waals surface area (Å²) in [7, 11) is 0. The Bertz CT molecular complexity index is 633. The van der Waals surface area contributed by atoms with E-state index in [9.17, 15) is 4.79 Å². The minimum absolute atomic E-state index is 0.0877. The van der Waals surface area contributed by atoms with Crippen LogP contribution in [0, 0.1) is 0 Å². The van der Waals surface area contributed by atoms with Crippen LogP contribution in [0.4, 0.5) is 5.69 Å². The number of nitrogens with two attached hydrogens (primary N) is 1. The van der Waals surface area contributed by atoms with E-state index in [-0.39, 0.29) is 11.3 Å². The third kappa shape index (κ3) is 2.64. The number of amides is 1. The second-order valence-corrected chi connectivity index (χ2v) is 5.77. The van der Waals surface area contributed by atoms with Gasteiger partial charge >= 0.3 is 0 Å². The molecule has 0 atom stereocenters. The fourth-order valence-corrected chi connectivity index (χ4v) is 3.01. The van der Waals surface area contributed by atoms with Gasteiger partial charge in [0, 0.05) is 17.6 Å². The topological polar surface area (TPSA) is 55.1 Å². The van der Waals surface area contributed by atoms with Crippen LogP contribution in [0.2, 0.25) is 0 Å². The molecular formula is C18H20N2O. The number of hydrogen-bond acceptors (Lipinski definition) is 2. The number of carbonyl (C=O) groups is 1. The predicted molar refractivity (Wildman–Crippen MR) is 85.2 cm³/mol. The van der Waals surface area contributed by atoms with Crippen molar-refractivity contribution >= 4 is 11.6 Å². The van der Waals surface area contributed by atoms with Crippen LogP contribution in [-0.4, -0.2) is 12.5 Å².